The van der Waals surface area contributed by atoms with Crippen molar-refractivity contribution in [3.8, 4) is 0 Å². The highest BCUT2D eigenvalue weighted by atomic mass is 32.1. The van der Waals surface area contributed by atoms with Crippen molar-refractivity contribution in [1.82, 2.24) is 9.97 Å². The van der Waals surface area contributed by atoms with Gasteiger partial charge in [0, 0.05) is 28.4 Å². The molecular weight excluding hydrogens is 358 g/mol. The predicted octanol–water partition coefficient (Wildman–Crippen LogP) is 5.16. The molecule has 6 heteroatoms. The SMILES string of the molecule is CC(C)CN(c1ccc(C(=O)O)cn1)c1nc2c(s1)C(C)(C)C=CC2(C)C. The van der Waals surface area contributed by atoms with Crippen LogP contribution in [0.25, 0.3) is 0 Å². The Morgan fingerprint density at radius 1 is 1.19 bits per heavy atom. The molecule has 0 atom stereocenters. The van der Waals surface area contributed by atoms with Crippen molar-refractivity contribution in [2.24, 2.45) is 5.92 Å². The van der Waals surface area contributed by atoms with E-state index in [2.05, 4.69) is 63.6 Å². The maximum absolute atomic E-state index is 11.1. The first kappa shape index (κ1) is 19.5. The highest BCUT2D eigenvalue weighted by molar-refractivity contribution is 7.16. The molecule has 1 aliphatic carbocycles. The van der Waals surface area contributed by atoms with Crippen LogP contribution < -0.4 is 4.90 Å². The average molecular weight is 386 g/mol. The number of carboxylic acids is 1. The Morgan fingerprint density at radius 3 is 2.37 bits per heavy atom. The van der Waals surface area contributed by atoms with Crippen LogP contribution in [0.1, 0.15) is 62.5 Å². The lowest BCUT2D eigenvalue weighted by Gasteiger charge is -2.32. The van der Waals surface area contributed by atoms with Crippen LogP contribution in [0.15, 0.2) is 30.5 Å². The van der Waals surface area contributed by atoms with E-state index >= 15 is 0 Å². The Labute approximate surface area is 164 Å². The third-order valence-electron chi connectivity index (χ3n) is 4.78. The summed E-state index contributed by atoms with van der Waals surface area (Å²) in [6.07, 6.45) is 5.92. The van der Waals surface area contributed by atoms with Crippen LogP contribution in [0.3, 0.4) is 0 Å². The van der Waals surface area contributed by atoms with Gasteiger partial charge in [-0.2, -0.15) is 0 Å². The quantitative estimate of drug-likeness (QED) is 0.721. The zero-order valence-electron chi connectivity index (χ0n) is 16.8. The molecule has 0 spiro atoms. The van der Waals surface area contributed by atoms with Crippen LogP contribution in [0.5, 0.6) is 0 Å². The molecule has 0 fully saturated rings. The lowest BCUT2D eigenvalue weighted by molar-refractivity contribution is 0.0696. The van der Waals surface area contributed by atoms with Gasteiger partial charge in [-0.25, -0.2) is 14.8 Å². The fourth-order valence-corrected chi connectivity index (χ4v) is 4.51. The Bertz CT molecular complexity index is 844. The number of hydrogen-bond donors (Lipinski definition) is 1. The van der Waals surface area contributed by atoms with Gasteiger partial charge in [0.15, 0.2) is 5.13 Å². The minimum atomic E-state index is -0.969. The Morgan fingerprint density at radius 2 is 1.85 bits per heavy atom. The predicted molar refractivity (Wildman–Crippen MR) is 110 cm³/mol. The lowest BCUT2D eigenvalue weighted by atomic mass is 9.75. The topological polar surface area (TPSA) is 66.3 Å². The summed E-state index contributed by atoms with van der Waals surface area (Å²) in [5.41, 5.74) is 1.15. The van der Waals surface area contributed by atoms with Crippen molar-refractivity contribution < 1.29 is 9.90 Å². The average Bonchev–Trinajstić information content (AvgIpc) is 3.05. The number of carbonyl (C=O) groups is 1. The van der Waals surface area contributed by atoms with Crippen molar-refractivity contribution in [3.63, 3.8) is 0 Å². The van der Waals surface area contributed by atoms with Gasteiger partial charge in [0.05, 0.1) is 11.3 Å². The van der Waals surface area contributed by atoms with Crippen LogP contribution >= 0.6 is 11.3 Å². The molecule has 0 unspecified atom stereocenters. The molecule has 0 radical (unpaired) electrons. The number of allylic oxidation sites excluding steroid dienone is 2. The van der Waals surface area contributed by atoms with Crippen molar-refractivity contribution >= 4 is 28.3 Å². The first-order chi connectivity index (χ1) is 12.5. The zero-order valence-corrected chi connectivity index (χ0v) is 17.6. The van der Waals surface area contributed by atoms with Crippen LogP contribution in [-0.4, -0.2) is 27.6 Å². The maximum atomic E-state index is 11.1. The Balaban J connectivity index is 2.07. The van der Waals surface area contributed by atoms with Crippen LogP contribution in [-0.2, 0) is 10.8 Å². The number of anilines is 2. The van der Waals surface area contributed by atoms with E-state index in [1.54, 1.807) is 23.5 Å². The van der Waals surface area contributed by atoms with Gasteiger partial charge in [0.1, 0.15) is 5.82 Å². The first-order valence-corrected chi connectivity index (χ1v) is 10.0. The third-order valence-corrected chi connectivity index (χ3v) is 6.20. The van der Waals surface area contributed by atoms with Gasteiger partial charge in [-0.15, -0.1) is 11.3 Å². The van der Waals surface area contributed by atoms with Crippen LogP contribution in [0.4, 0.5) is 10.9 Å². The van der Waals surface area contributed by atoms with Gasteiger partial charge in [-0.05, 0) is 18.1 Å². The van der Waals surface area contributed by atoms with Gasteiger partial charge >= 0.3 is 5.97 Å². The van der Waals surface area contributed by atoms with E-state index in [9.17, 15) is 4.79 Å². The number of aromatic carboxylic acids is 1. The van der Waals surface area contributed by atoms with Gasteiger partial charge in [-0.3, -0.25) is 0 Å². The van der Waals surface area contributed by atoms with Crippen LogP contribution in [0, 0.1) is 5.92 Å². The second-order valence-corrected chi connectivity index (χ2v) is 9.64. The molecule has 1 aliphatic rings. The van der Waals surface area contributed by atoms with E-state index in [4.69, 9.17) is 10.1 Å². The summed E-state index contributed by atoms with van der Waals surface area (Å²) in [5, 5.41) is 10.0. The van der Waals surface area contributed by atoms with Gasteiger partial charge < -0.3 is 10.0 Å². The lowest BCUT2D eigenvalue weighted by Crippen LogP contribution is -2.28. The largest absolute Gasteiger partial charge is 0.478 e. The number of hydrogen-bond acceptors (Lipinski definition) is 5. The van der Waals surface area contributed by atoms with Crippen molar-refractivity contribution in [3.05, 3.63) is 46.6 Å². The van der Waals surface area contributed by atoms with Crippen LogP contribution in [0.2, 0.25) is 0 Å². The molecule has 0 aromatic carbocycles. The molecule has 5 nitrogen and oxygen atoms in total. The molecule has 1 N–H and O–H groups in total. The Kier molecular flexibility index (Phi) is 4.89. The van der Waals surface area contributed by atoms with Crippen molar-refractivity contribution in [1.29, 1.82) is 0 Å². The van der Waals surface area contributed by atoms with E-state index < -0.39 is 5.97 Å². The standard InChI is InChI=1S/C21H27N3O2S/c1-13(2)12-24(15-8-7-14(11-22-15)18(25)26)19-23-16-17(27-19)21(5,6)10-9-20(16,3)4/h7-11,13H,12H2,1-6H3,(H,25,26). The number of pyridine rings is 1. The molecule has 2 heterocycles. The third kappa shape index (κ3) is 3.76. The van der Waals surface area contributed by atoms with Gasteiger partial charge in [-0.1, -0.05) is 53.7 Å². The number of nitrogens with zero attached hydrogens (tertiary/aromatic N) is 3. The summed E-state index contributed by atoms with van der Waals surface area (Å²) in [5.74, 6) is 0.165. The number of fused-ring (bicyclic) bond motifs is 1. The molecule has 0 saturated carbocycles. The summed E-state index contributed by atoms with van der Waals surface area (Å²) in [7, 11) is 0. The highest BCUT2D eigenvalue weighted by Gasteiger charge is 2.37. The minimum Gasteiger partial charge on any atom is -0.478 e. The van der Waals surface area contributed by atoms with E-state index in [0.29, 0.717) is 5.92 Å². The number of thiazole rings is 1. The van der Waals surface area contributed by atoms with E-state index in [-0.39, 0.29) is 16.4 Å². The Hall–Kier alpha value is -2.21. The maximum Gasteiger partial charge on any atom is 0.337 e. The zero-order chi connectivity index (χ0) is 20.0. The summed E-state index contributed by atoms with van der Waals surface area (Å²) >= 11 is 1.71. The summed E-state index contributed by atoms with van der Waals surface area (Å²) < 4.78 is 0. The van der Waals surface area contributed by atoms with E-state index in [1.165, 1.54) is 11.1 Å². The van der Waals surface area contributed by atoms with Gasteiger partial charge in [0.2, 0.25) is 0 Å². The molecule has 2 aromatic rings. The van der Waals surface area contributed by atoms with Crippen molar-refractivity contribution in [2.45, 2.75) is 52.4 Å². The fraction of sp³-hybridized carbons (Fsp3) is 0.476. The molecule has 144 valence electrons. The number of rotatable bonds is 5. The smallest absolute Gasteiger partial charge is 0.337 e. The molecule has 0 saturated heterocycles. The monoisotopic (exact) mass is 385 g/mol. The molecule has 0 aliphatic heterocycles. The first-order valence-electron chi connectivity index (χ1n) is 9.20. The number of aromatic nitrogens is 2. The highest BCUT2D eigenvalue weighted by Crippen LogP contribution is 2.46. The molecule has 27 heavy (non-hydrogen) atoms. The van der Waals surface area contributed by atoms with Crippen molar-refractivity contribution in [2.75, 3.05) is 11.4 Å². The summed E-state index contributed by atoms with van der Waals surface area (Å²) in [6.45, 7) is 13.9. The molecule has 0 amide bonds. The van der Waals surface area contributed by atoms with Gasteiger partial charge in [0.25, 0.3) is 0 Å². The molecule has 0 bridgehead atoms. The molecular formula is C21H27N3O2S. The summed E-state index contributed by atoms with van der Waals surface area (Å²) in [6, 6.07) is 3.36. The molecule has 3 rings (SSSR count). The fourth-order valence-electron chi connectivity index (χ4n) is 3.18. The van der Waals surface area contributed by atoms with E-state index in [0.717, 1.165) is 23.2 Å². The molecule has 2 aromatic heterocycles. The summed E-state index contributed by atoms with van der Waals surface area (Å²) in [4.78, 5) is 23.9. The second-order valence-electron chi connectivity index (χ2n) is 8.67. The van der Waals surface area contributed by atoms with E-state index in [1.807, 2.05) is 0 Å². The minimum absolute atomic E-state index is 0.0507. The normalized spacial score (nSPS) is 17.0. The number of carboxylic acid groups (broad SMARTS) is 1. The second kappa shape index (κ2) is 6.75.